The zero-order chi connectivity index (χ0) is 12.1. The minimum atomic E-state index is 0.223. The molecule has 0 aromatic carbocycles. The summed E-state index contributed by atoms with van der Waals surface area (Å²) < 4.78 is 2.03. The number of imidazole rings is 1. The van der Waals surface area contributed by atoms with E-state index in [1.165, 1.54) is 0 Å². The number of allylic oxidation sites excluding steroid dienone is 1. The van der Waals surface area contributed by atoms with Gasteiger partial charge in [-0.1, -0.05) is 13.0 Å². The first-order valence-electron chi connectivity index (χ1n) is 5.63. The van der Waals surface area contributed by atoms with Gasteiger partial charge in [-0.3, -0.25) is 0 Å². The molecule has 1 unspecified atom stereocenters. The average molecular weight is 248 g/mol. The number of anilines is 1. The van der Waals surface area contributed by atoms with E-state index in [9.17, 15) is 0 Å². The van der Waals surface area contributed by atoms with E-state index < -0.39 is 0 Å². The second-order valence-corrected chi connectivity index (χ2v) is 4.59. The lowest BCUT2D eigenvalue weighted by Gasteiger charge is -2.15. The molecule has 2 aromatic heterocycles. The fourth-order valence-electron chi connectivity index (χ4n) is 1.64. The van der Waals surface area contributed by atoms with E-state index in [4.69, 9.17) is 0 Å². The number of rotatable bonds is 6. The van der Waals surface area contributed by atoms with E-state index in [0.29, 0.717) is 0 Å². The lowest BCUT2D eigenvalue weighted by atomic mass is 10.2. The minimum absolute atomic E-state index is 0.223. The smallest absolute Gasteiger partial charge is 0.203 e. The van der Waals surface area contributed by atoms with Crippen LogP contribution in [0.25, 0.3) is 0 Å². The molecule has 0 aliphatic heterocycles. The van der Waals surface area contributed by atoms with Crippen LogP contribution in [0.1, 0.15) is 24.4 Å². The van der Waals surface area contributed by atoms with E-state index in [0.717, 1.165) is 23.9 Å². The summed E-state index contributed by atoms with van der Waals surface area (Å²) in [4.78, 5) is 8.66. The van der Waals surface area contributed by atoms with Crippen molar-refractivity contribution < 1.29 is 0 Å². The predicted octanol–water partition coefficient (Wildman–Crippen LogP) is 3.09. The van der Waals surface area contributed by atoms with Gasteiger partial charge in [0.05, 0.1) is 6.04 Å². The molecule has 0 aliphatic rings. The van der Waals surface area contributed by atoms with Crippen LogP contribution in [-0.2, 0) is 6.54 Å². The van der Waals surface area contributed by atoms with Gasteiger partial charge in [-0.2, -0.15) is 0 Å². The molecule has 0 saturated heterocycles. The largest absolute Gasteiger partial charge is 0.346 e. The van der Waals surface area contributed by atoms with E-state index in [1.807, 2.05) is 28.4 Å². The van der Waals surface area contributed by atoms with Gasteiger partial charge in [0.15, 0.2) is 0 Å². The number of aromatic nitrogens is 3. The van der Waals surface area contributed by atoms with Crippen LogP contribution in [0.4, 0.5) is 5.95 Å². The highest BCUT2D eigenvalue weighted by Gasteiger charge is 2.13. The summed E-state index contributed by atoms with van der Waals surface area (Å²) >= 11 is 1.67. The maximum Gasteiger partial charge on any atom is 0.203 e. The van der Waals surface area contributed by atoms with Gasteiger partial charge < -0.3 is 9.88 Å². The van der Waals surface area contributed by atoms with Crippen LogP contribution < -0.4 is 5.32 Å². The Balaban J connectivity index is 2.13. The Morgan fingerprint density at radius 2 is 2.41 bits per heavy atom. The zero-order valence-electron chi connectivity index (χ0n) is 9.84. The fraction of sp³-hybridized carbons (Fsp3) is 0.333. The summed E-state index contributed by atoms with van der Waals surface area (Å²) in [5, 5.41) is 6.51. The van der Waals surface area contributed by atoms with E-state index in [-0.39, 0.29) is 6.04 Å². The van der Waals surface area contributed by atoms with Crippen molar-refractivity contribution in [1.82, 2.24) is 14.5 Å². The molecule has 0 aliphatic carbocycles. The molecule has 2 heterocycles. The van der Waals surface area contributed by atoms with Gasteiger partial charge in [0, 0.05) is 30.5 Å². The number of nitrogens with one attached hydrogen (secondary N) is 1. The molecule has 2 rings (SSSR count). The molecule has 1 atom stereocenters. The molecular weight excluding hydrogens is 232 g/mol. The number of hydrogen-bond donors (Lipinski definition) is 1. The van der Waals surface area contributed by atoms with E-state index in [2.05, 4.69) is 28.8 Å². The Morgan fingerprint density at radius 1 is 1.53 bits per heavy atom. The monoisotopic (exact) mass is 248 g/mol. The zero-order valence-corrected chi connectivity index (χ0v) is 10.7. The van der Waals surface area contributed by atoms with Crippen molar-refractivity contribution in [1.29, 1.82) is 0 Å². The van der Waals surface area contributed by atoms with Gasteiger partial charge in [-0.15, -0.1) is 17.9 Å². The third-order valence-electron chi connectivity index (χ3n) is 2.50. The fourth-order valence-corrected chi connectivity index (χ4v) is 2.41. The molecule has 0 saturated carbocycles. The Hall–Kier alpha value is -1.62. The number of hydrogen-bond acceptors (Lipinski definition) is 4. The van der Waals surface area contributed by atoms with Crippen LogP contribution in [0.3, 0.4) is 0 Å². The molecule has 2 aromatic rings. The first-order chi connectivity index (χ1) is 8.35. The molecule has 0 fully saturated rings. The number of nitrogens with zero attached hydrogens (tertiary/aromatic N) is 3. The SMILES string of the molecule is C=CCn1ccnc1NC(CC)c1nccs1. The van der Waals surface area contributed by atoms with Gasteiger partial charge in [-0.05, 0) is 6.42 Å². The highest BCUT2D eigenvalue weighted by atomic mass is 32.1. The molecule has 0 spiro atoms. The normalized spacial score (nSPS) is 12.3. The maximum atomic E-state index is 4.34. The van der Waals surface area contributed by atoms with E-state index in [1.54, 1.807) is 17.5 Å². The van der Waals surface area contributed by atoms with Crippen molar-refractivity contribution in [2.75, 3.05) is 5.32 Å². The summed E-state index contributed by atoms with van der Waals surface area (Å²) in [5.41, 5.74) is 0. The summed E-state index contributed by atoms with van der Waals surface area (Å²) in [7, 11) is 0. The van der Waals surface area contributed by atoms with Gasteiger partial charge in [-0.25, -0.2) is 9.97 Å². The Kier molecular flexibility index (Phi) is 3.93. The lowest BCUT2D eigenvalue weighted by molar-refractivity contribution is 0.711. The topological polar surface area (TPSA) is 42.7 Å². The van der Waals surface area contributed by atoms with Crippen molar-refractivity contribution in [3.8, 4) is 0 Å². The quantitative estimate of drug-likeness (QED) is 0.799. The van der Waals surface area contributed by atoms with Gasteiger partial charge >= 0.3 is 0 Å². The van der Waals surface area contributed by atoms with Crippen LogP contribution in [0.5, 0.6) is 0 Å². The molecular formula is C12H16N4S. The molecule has 0 radical (unpaired) electrons. The Bertz CT molecular complexity index is 461. The third kappa shape index (κ3) is 2.74. The Morgan fingerprint density at radius 3 is 3.06 bits per heavy atom. The standard InChI is InChI=1S/C12H16N4S/c1-3-7-16-8-5-14-12(16)15-10(4-2)11-13-6-9-17-11/h3,5-6,8-10H,1,4,7H2,2H3,(H,14,15). The van der Waals surface area contributed by atoms with Crippen LogP contribution in [-0.4, -0.2) is 14.5 Å². The molecule has 0 bridgehead atoms. The van der Waals surface area contributed by atoms with Gasteiger partial charge in [0.1, 0.15) is 5.01 Å². The van der Waals surface area contributed by atoms with Crippen molar-refractivity contribution in [3.63, 3.8) is 0 Å². The second-order valence-electron chi connectivity index (χ2n) is 3.67. The molecule has 0 amide bonds. The van der Waals surface area contributed by atoms with Crippen molar-refractivity contribution in [2.24, 2.45) is 0 Å². The molecule has 90 valence electrons. The van der Waals surface area contributed by atoms with Crippen molar-refractivity contribution in [3.05, 3.63) is 41.6 Å². The average Bonchev–Trinajstić information content (AvgIpc) is 2.97. The maximum absolute atomic E-state index is 4.34. The van der Waals surface area contributed by atoms with Crippen LogP contribution in [0, 0.1) is 0 Å². The van der Waals surface area contributed by atoms with Gasteiger partial charge in [0.25, 0.3) is 0 Å². The summed E-state index contributed by atoms with van der Waals surface area (Å²) in [6, 6.07) is 0.223. The van der Waals surface area contributed by atoms with Crippen molar-refractivity contribution >= 4 is 17.3 Å². The first-order valence-corrected chi connectivity index (χ1v) is 6.51. The predicted molar refractivity (Wildman–Crippen MR) is 71.2 cm³/mol. The van der Waals surface area contributed by atoms with E-state index >= 15 is 0 Å². The lowest BCUT2D eigenvalue weighted by Crippen LogP contribution is -2.13. The van der Waals surface area contributed by atoms with Crippen LogP contribution in [0.15, 0.2) is 36.6 Å². The molecule has 1 N–H and O–H groups in total. The Labute approximate surface area is 105 Å². The molecule has 5 heteroatoms. The van der Waals surface area contributed by atoms with Crippen LogP contribution >= 0.6 is 11.3 Å². The minimum Gasteiger partial charge on any atom is -0.346 e. The third-order valence-corrected chi connectivity index (χ3v) is 3.39. The molecule has 4 nitrogen and oxygen atoms in total. The van der Waals surface area contributed by atoms with Crippen molar-refractivity contribution in [2.45, 2.75) is 25.9 Å². The summed E-state index contributed by atoms with van der Waals surface area (Å²) in [6.07, 6.45) is 8.41. The highest BCUT2D eigenvalue weighted by Crippen LogP contribution is 2.23. The molecule has 17 heavy (non-hydrogen) atoms. The summed E-state index contributed by atoms with van der Waals surface area (Å²) in [5.74, 6) is 0.868. The van der Waals surface area contributed by atoms with Gasteiger partial charge in [0.2, 0.25) is 5.95 Å². The summed E-state index contributed by atoms with van der Waals surface area (Å²) in [6.45, 7) is 6.64. The van der Waals surface area contributed by atoms with Crippen LogP contribution in [0.2, 0.25) is 0 Å². The highest BCUT2D eigenvalue weighted by molar-refractivity contribution is 7.09. The number of thiazole rings is 1. The second kappa shape index (κ2) is 5.63. The first kappa shape index (κ1) is 11.9.